The van der Waals surface area contributed by atoms with Crippen LogP contribution in [0.1, 0.15) is 24.0 Å². The second kappa shape index (κ2) is 7.31. The Labute approximate surface area is 147 Å². The van der Waals surface area contributed by atoms with E-state index in [2.05, 4.69) is 5.32 Å². The monoisotopic (exact) mass is 333 g/mol. The van der Waals surface area contributed by atoms with Crippen LogP contribution in [0.2, 0.25) is 0 Å². The molecule has 0 fully saturated rings. The molecule has 0 radical (unpaired) electrons. The average molecular weight is 333 g/mol. The fraction of sp³-hybridized carbons (Fsp3) is 0.136. The largest absolute Gasteiger partial charge is 0.326 e. The number of halogens is 1. The predicted molar refractivity (Wildman–Crippen MR) is 100 cm³/mol. The molecular formula is C22H20FNO. The minimum absolute atomic E-state index is 0.157. The summed E-state index contributed by atoms with van der Waals surface area (Å²) in [7, 11) is 0. The van der Waals surface area contributed by atoms with Gasteiger partial charge in [0.05, 0.1) is 5.92 Å². The predicted octanol–water partition coefficient (Wildman–Crippen LogP) is 5.54. The van der Waals surface area contributed by atoms with Gasteiger partial charge in [0, 0.05) is 11.3 Å². The lowest BCUT2D eigenvalue weighted by molar-refractivity contribution is -0.117. The lowest BCUT2D eigenvalue weighted by Crippen LogP contribution is -2.19. The molecule has 0 unspecified atom stereocenters. The van der Waals surface area contributed by atoms with E-state index >= 15 is 0 Å². The summed E-state index contributed by atoms with van der Waals surface area (Å²) in [5.41, 5.74) is 3.88. The average Bonchev–Trinajstić information content (AvgIpc) is 2.63. The Balaban J connectivity index is 1.78. The van der Waals surface area contributed by atoms with Crippen molar-refractivity contribution >= 4 is 11.6 Å². The molecule has 1 atom stereocenters. The van der Waals surface area contributed by atoms with Crippen LogP contribution in [-0.2, 0) is 4.79 Å². The normalized spacial score (nSPS) is 11.8. The van der Waals surface area contributed by atoms with Crippen LogP contribution in [0.4, 0.5) is 10.1 Å². The second-order valence-corrected chi connectivity index (χ2v) is 6.18. The highest BCUT2D eigenvalue weighted by Crippen LogP contribution is 2.26. The number of anilines is 1. The first kappa shape index (κ1) is 16.9. The number of rotatable bonds is 4. The molecule has 1 amide bonds. The highest BCUT2D eigenvalue weighted by molar-refractivity contribution is 5.95. The van der Waals surface area contributed by atoms with Gasteiger partial charge in [-0.2, -0.15) is 0 Å². The lowest BCUT2D eigenvalue weighted by Gasteiger charge is -2.14. The summed E-state index contributed by atoms with van der Waals surface area (Å²) in [5, 5.41) is 2.87. The molecule has 0 saturated carbocycles. The van der Waals surface area contributed by atoms with Crippen LogP contribution in [0.5, 0.6) is 0 Å². The summed E-state index contributed by atoms with van der Waals surface area (Å²) in [4.78, 5) is 12.4. The third-order valence-electron chi connectivity index (χ3n) is 4.29. The highest BCUT2D eigenvalue weighted by Gasteiger charge is 2.17. The van der Waals surface area contributed by atoms with Crippen molar-refractivity contribution in [3.05, 3.63) is 89.7 Å². The Morgan fingerprint density at radius 1 is 0.960 bits per heavy atom. The Morgan fingerprint density at radius 2 is 1.64 bits per heavy atom. The molecule has 0 aliphatic heterocycles. The van der Waals surface area contributed by atoms with E-state index in [0.29, 0.717) is 11.1 Å². The van der Waals surface area contributed by atoms with Crippen LogP contribution in [0, 0.1) is 12.7 Å². The first-order chi connectivity index (χ1) is 12.0. The van der Waals surface area contributed by atoms with E-state index in [0.717, 1.165) is 16.8 Å². The van der Waals surface area contributed by atoms with Crippen molar-refractivity contribution in [1.29, 1.82) is 0 Å². The van der Waals surface area contributed by atoms with Gasteiger partial charge in [0.15, 0.2) is 0 Å². The van der Waals surface area contributed by atoms with Gasteiger partial charge in [-0.25, -0.2) is 4.39 Å². The molecule has 3 aromatic rings. The maximum atomic E-state index is 14.5. The van der Waals surface area contributed by atoms with Crippen molar-refractivity contribution in [1.82, 2.24) is 0 Å². The molecule has 0 saturated heterocycles. The SMILES string of the molecule is Cc1ccc(NC(=O)[C@@H](C)c2ccc(-c3ccccc3)c(F)c2)cc1. The van der Waals surface area contributed by atoms with Crippen LogP contribution < -0.4 is 5.32 Å². The fourth-order valence-corrected chi connectivity index (χ4v) is 2.69. The maximum Gasteiger partial charge on any atom is 0.231 e. The number of benzene rings is 3. The lowest BCUT2D eigenvalue weighted by atomic mass is 9.96. The number of aryl methyl sites for hydroxylation is 1. The zero-order valence-corrected chi connectivity index (χ0v) is 14.3. The zero-order valence-electron chi connectivity index (χ0n) is 14.3. The molecule has 3 aromatic carbocycles. The molecule has 3 rings (SSSR count). The molecular weight excluding hydrogens is 313 g/mol. The number of hydrogen-bond acceptors (Lipinski definition) is 1. The van der Waals surface area contributed by atoms with Crippen molar-refractivity contribution in [3.63, 3.8) is 0 Å². The van der Waals surface area contributed by atoms with Crippen molar-refractivity contribution in [3.8, 4) is 11.1 Å². The Bertz CT molecular complexity index is 872. The van der Waals surface area contributed by atoms with E-state index < -0.39 is 5.92 Å². The van der Waals surface area contributed by atoms with Crippen LogP contribution in [0.15, 0.2) is 72.8 Å². The quantitative estimate of drug-likeness (QED) is 0.667. The number of nitrogens with one attached hydrogen (secondary N) is 1. The first-order valence-corrected chi connectivity index (χ1v) is 8.27. The second-order valence-electron chi connectivity index (χ2n) is 6.18. The number of hydrogen-bond donors (Lipinski definition) is 1. The fourth-order valence-electron chi connectivity index (χ4n) is 2.69. The van der Waals surface area contributed by atoms with Gasteiger partial charge in [-0.05, 0) is 43.2 Å². The highest BCUT2D eigenvalue weighted by atomic mass is 19.1. The van der Waals surface area contributed by atoms with Gasteiger partial charge >= 0.3 is 0 Å². The molecule has 0 heterocycles. The molecule has 0 aliphatic carbocycles. The van der Waals surface area contributed by atoms with Gasteiger partial charge < -0.3 is 5.32 Å². The zero-order chi connectivity index (χ0) is 17.8. The maximum absolute atomic E-state index is 14.5. The molecule has 0 aromatic heterocycles. The van der Waals surface area contributed by atoms with Crippen molar-refractivity contribution in [2.45, 2.75) is 19.8 Å². The number of carbonyl (C=O) groups is 1. The van der Waals surface area contributed by atoms with Crippen molar-refractivity contribution < 1.29 is 9.18 Å². The van der Waals surface area contributed by atoms with E-state index in [1.807, 2.05) is 67.6 Å². The van der Waals surface area contributed by atoms with Gasteiger partial charge in [-0.1, -0.05) is 60.2 Å². The van der Waals surface area contributed by atoms with Gasteiger partial charge in [0.2, 0.25) is 5.91 Å². The molecule has 1 N–H and O–H groups in total. The summed E-state index contributed by atoms with van der Waals surface area (Å²) < 4.78 is 14.5. The summed E-state index contributed by atoms with van der Waals surface area (Å²) >= 11 is 0. The van der Waals surface area contributed by atoms with Crippen molar-refractivity contribution in [2.24, 2.45) is 0 Å². The van der Waals surface area contributed by atoms with E-state index in [4.69, 9.17) is 0 Å². The van der Waals surface area contributed by atoms with E-state index in [-0.39, 0.29) is 11.7 Å². The molecule has 0 bridgehead atoms. The van der Waals surface area contributed by atoms with E-state index in [1.165, 1.54) is 6.07 Å². The molecule has 25 heavy (non-hydrogen) atoms. The Morgan fingerprint density at radius 3 is 2.28 bits per heavy atom. The standard InChI is InChI=1S/C22H20FNO/c1-15-8-11-19(12-9-15)24-22(25)16(2)18-10-13-20(21(23)14-18)17-6-4-3-5-7-17/h3-14,16H,1-2H3,(H,24,25)/t16-/m0/s1. The topological polar surface area (TPSA) is 29.1 Å². The minimum Gasteiger partial charge on any atom is -0.326 e. The van der Waals surface area contributed by atoms with E-state index in [1.54, 1.807) is 13.0 Å². The summed E-state index contributed by atoms with van der Waals surface area (Å²) in [6, 6.07) is 22.0. The summed E-state index contributed by atoms with van der Waals surface area (Å²) in [5.74, 6) is -0.921. The minimum atomic E-state index is -0.444. The van der Waals surface area contributed by atoms with Gasteiger partial charge in [-0.3, -0.25) is 4.79 Å². The smallest absolute Gasteiger partial charge is 0.231 e. The summed E-state index contributed by atoms with van der Waals surface area (Å²) in [6.45, 7) is 3.77. The Hall–Kier alpha value is -2.94. The van der Waals surface area contributed by atoms with Crippen LogP contribution in [0.25, 0.3) is 11.1 Å². The first-order valence-electron chi connectivity index (χ1n) is 8.27. The van der Waals surface area contributed by atoms with Gasteiger partial charge in [-0.15, -0.1) is 0 Å². The van der Waals surface area contributed by atoms with E-state index in [9.17, 15) is 9.18 Å². The third kappa shape index (κ3) is 3.94. The molecule has 3 heteroatoms. The van der Waals surface area contributed by atoms with Gasteiger partial charge in [0.1, 0.15) is 5.82 Å². The van der Waals surface area contributed by atoms with Crippen LogP contribution >= 0.6 is 0 Å². The van der Waals surface area contributed by atoms with Crippen LogP contribution in [-0.4, -0.2) is 5.91 Å². The number of carbonyl (C=O) groups excluding carboxylic acids is 1. The van der Waals surface area contributed by atoms with Crippen molar-refractivity contribution in [2.75, 3.05) is 5.32 Å². The molecule has 126 valence electrons. The molecule has 0 spiro atoms. The summed E-state index contributed by atoms with van der Waals surface area (Å²) in [6.07, 6.45) is 0. The number of amides is 1. The third-order valence-corrected chi connectivity index (χ3v) is 4.29. The van der Waals surface area contributed by atoms with Crippen LogP contribution in [0.3, 0.4) is 0 Å². The Kier molecular flexibility index (Phi) is 4.94. The molecule has 0 aliphatic rings. The molecule has 2 nitrogen and oxygen atoms in total. The van der Waals surface area contributed by atoms with Gasteiger partial charge in [0.25, 0.3) is 0 Å².